The zero-order valence-electron chi connectivity index (χ0n) is 16.4. The first-order valence-corrected chi connectivity index (χ1v) is 10.0. The molecule has 158 valence electrons. The van der Waals surface area contributed by atoms with Gasteiger partial charge in [0.2, 0.25) is 0 Å². The molecule has 1 aromatic carbocycles. The van der Waals surface area contributed by atoms with E-state index in [0.29, 0.717) is 45.8 Å². The molecule has 31 heavy (non-hydrogen) atoms. The molecular weight excluding hydrogens is 426 g/mol. The predicted molar refractivity (Wildman–Crippen MR) is 113 cm³/mol. The molecule has 0 radical (unpaired) electrons. The lowest BCUT2D eigenvalue weighted by Crippen LogP contribution is -2.42. The van der Waals surface area contributed by atoms with E-state index in [0.717, 1.165) is 12.1 Å². The highest BCUT2D eigenvalue weighted by molar-refractivity contribution is 6.33. The van der Waals surface area contributed by atoms with E-state index in [1.165, 1.54) is 4.90 Å². The number of likely N-dealkylation sites (N-methyl/N-ethyl adjacent to an activating group) is 1. The first-order valence-electron chi connectivity index (χ1n) is 9.63. The Morgan fingerprint density at radius 3 is 2.71 bits per heavy atom. The van der Waals surface area contributed by atoms with Crippen LogP contribution in [0.3, 0.4) is 0 Å². The van der Waals surface area contributed by atoms with Gasteiger partial charge in [-0.1, -0.05) is 11.6 Å². The predicted octanol–water partition coefficient (Wildman–Crippen LogP) is 3.63. The van der Waals surface area contributed by atoms with Crippen molar-refractivity contribution in [1.82, 2.24) is 19.6 Å². The number of fused-ring (bicyclic) bond motifs is 4. The molecule has 4 aromatic rings. The molecule has 6 nitrogen and oxygen atoms in total. The molecule has 2 N–H and O–H groups in total. The number of hydrogen-bond donors (Lipinski definition) is 2. The van der Waals surface area contributed by atoms with Crippen molar-refractivity contribution in [1.29, 1.82) is 0 Å². The summed E-state index contributed by atoms with van der Waals surface area (Å²) in [5, 5.41) is 4.04. The molecule has 3 aromatic heterocycles. The zero-order chi connectivity index (χ0) is 21.9. The lowest BCUT2D eigenvalue weighted by molar-refractivity contribution is 0.0723. The molecule has 0 bridgehead atoms. The van der Waals surface area contributed by atoms with Gasteiger partial charge in [0.25, 0.3) is 11.5 Å². The molecule has 0 spiro atoms. The number of nitrogens with one attached hydrogen (secondary N) is 2. The summed E-state index contributed by atoms with van der Waals surface area (Å²) in [7, 11) is 1.64. The van der Waals surface area contributed by atoms with Gasteiger partial charge in [0.1, 0.15) is 0 Å². The fourth-order valence-electron chi connectivity index (χ4n) is 4.24. The Balaban J connectivity index is 1.62. The molecule has 5 rings (SSSR count). The molecule has 0 saturated heterocycles. The Hall–Kier alpha value is -3.23. The molecular formula is C22H17ClF2N4O2. The largest absolute Gasteiger partial charge is 0.333 e. The Morgan fingerprint density at radius 2 is 1.97 bits per heavy atom. The highest BCUT2D eigenvalue weighted by atomic mass is 35.5. The number of halogens is 3. The third-order valence-corrected chi connectivity index (χ3v) is 6.09. The summed E-state index contributed by atoms with van der Waals surface area (Å²) in [5.41, 5.74) is 1.79. The minimum absolute atomic E-state index is 0.0479. The van der Waals surface area contributed by atoms with Gasteiger partial charge in [-0.2, -0.15) is 0 Å². The van der Waals surface area contributed by atoms with Gasteiger partial charge < -0.3 is 19.6 Å². The van der Waals surface area contributed by atoms with Crippen LogP contribution in [0.1, 0.15) is 27.7 Å². The van der Waals surface area contributed by atoms with Gasteiger partial charge in [0, 0.05) is 43.8 Å². The Bertz CT molecular complexity index is 1430. The molecule has 0 aliphatic carbocycles. The number of carbonyl (C=O) groups excluding carboxylic acids is 1. The number of aromatic nitrogens is 2. The van der Waals surface area contributed by atoms with Gasteiger partial charge >= 0.3 is 0 Å². The average molecular weight is 443 g/mol. The van der Waals surface area contributed by atoms with Crippen molar-refractivity contribution >= 4 is 33.8 Å². The fraction of sp³-hybridized carbons (Fsp3) is 0.182. The maximum absolute atomic E-state index is 14.1. The van der Waals surface area contributed by atoms with Crippen LogP contribution in [-0.2, 0) is 6.54 Å². The molecule has 9 heteroatoms. The maximum atomic E-state index is 14.1. The van der Waals surface area contributed by atoms with Crippen molar-refractivity contribution in [2.24, 2.45) is 0 Å². The summed E-state index contributed by atoms with van der Waals surface area (Å²) in [6.07, 6.45) is 3.49. The fourth-order valence-corrected chi connectivity index (χ4v) is 4.47. The van der Waals surface area contributed by atoms with Crippen molar-refractivity contribution in [2.45, 2.75) is 12.6 Å². The minimum atomic E-state index is -1.09. The van der Waals surface area contributed by atoms with Gasteiger partial charge in [-0.05, 0) is 35.7 Å². The second-order valence-electron chi connectivity index (χ2n) is 7.60. The molecule has 0 unspecified atom stereocenters. The highest BCUT2D eigenvalue weighted by Gasteiger charge is 2.31. The van der Waals surface area contributed by atoms with Crippen LogP contribution in [0, 0.1) is 11.6 Å². The van der Waals surface area contributed by atoms with Crippen LogP contribution in [0.4, 0.5) is 8.78 Å². The Morgan fingerprint density at radius 1 is 1.23 bits per heavy atom. The van der Waals surface area contributed by atoms with E-state index in [9.17, 15) is 18.4 Å². The number of aromatic amines is 1. The first kappa shape index (κ1) is 19.7. The van der Waals surface area contributed by atoms with E-state index in [4.69, 9.17) is 11.6 Å². The van der Waals surface area contributed by atoms with Gasteiger partial charge in [-0.15, -0.1) is 0 Å². The molecule has 1 aliphatic heterocycles. The van der Waals surface area contributed by atoms with Crippen LogP contribution in [0.25, 0.3) is 16.3 Å². The maximum Gasteiger partial charge on any atom is 0.256 e. The van der Waals surface area contributed by atoms with E-state index < -0.39 is 23.2 Å². The lowest BCUT2D eigenvalue weighted by Gasteiger charge is -2.34. The number of hydrogen-bond acceptors (Lipinski definition) is 3. The van der Waals surface area contributed by atoms with E-state index in [1.807, 2.05) is 0 Å². The zero-order valence-corrected chi connectivity index (χ0v) is 17.1. The van der Waals surface area contributed by atoms with Crippen molar-refractivity contribution in [3.8, 4) is 0 Å². The standard InChI is InChI=1S/C22H17ClF2N4O2/c1-28(22(31)11-5-18-14(23)3-2-4-29(18)10-11)19-9-26-8-17-20(19)12-6-15(24)16(25)7-13(12)21(30)27-17/h2-7,10,19,26H,8-9H2,1H3,(H,27,30)/t19-/m0/s1. The van der Waals surface area contributed by atoms with Crippen LogP contribution in [0.5, 0.6) is 0 Å². The van der Waals surface area contributed by atoms with E-state index in [1.54, 1.807) is 42.0 Å². The minimum Gasteiger partial charge on any atom is -0.333 e. The van der Waals surface area contributed by atoms with Gasteiger partial charge in [-0.3, -0.25) is 9.59 Å². The number of rotatable bonds is 2. The molecule has 0 saturated carbocycles. The number of benzene rings is 1. The Kier molecular flexibility index (Phi) is 4.56. The molecule has 1 aliphatic rings. The van der Waals surface area contributed by atoms with Crippen LogP contribution in [0.15, 0.2) is 47.5 Å². The molecule has 1 amide bonds. The smallest absolute Gasteiger partial charge is 0.256 e. The summed E-state index contributed by atoms with van der Waals surface area (Å²) in [6.45, 7) is 0.743. The Labute approximate surface area is 180 Å². The lowest BCUT2D eigenvalue weighted by atomic mass is 9.93. The second kappa shape index (κ2) is 7.18. The SMILES string of the molecule is CN(C(=O)c1cc2c(Cl)cccn2c1)[C@H]1CNCc2[nH]c(=O)c3cc(F)c(F)cc3c21. The highest BCUT2D eigenvalue weighted by Crippen LogP contribution is 2.33. The molecule has 1 atom stereocenters. The average Bonchev–Trinajstić information content (AvgIpc) is 3.19. The van der Waals surface area contributed by atoms with Crippen LogP contribution < -0.4 is 10.9 Å². The topological polar surface area (TPSA) is 69.6 Å². The third-order valence-electron chi connectivity index (χ3n) is 5.77. The first-order chi connectivity index (χ1) is 14.8. The van der Waals surface area contributed by atoms with Gasteiger partial charge in [0.15, 0.2) is 11.6 Å². The second-order valence-corrected chi connectivity index (χ2v) is 8.01. The van der Waals surface area contributed by atoms with Gasteiger partial charge in [-0.25, -0.2) is 8.78 Å². The normalized spacial score (nSPS) is 15.9. The van der Waals surface area contributed by atoms with Crippen molar-refractivity contribution < 1.29 is 13.6 Å². The monoisotopic (exact) mass is 442 g/mol. The van der Waals surface area contributed by atoms with Gasteiger partial charge in [0.05, 0.1) is 27.5 Å². The third kappa shape index (κ3) is 3.10. The number of H-pyrrole nitrogens is 1. The quantitative estimate of drug-likeness (QED) is 0.498. The number of amides is 1. The van der Waals surface area contributed by atoms with Crippen LogP contribution in [0.2, 0.25) is 5.02 Å². The number of carbonyl (C=O) groups is 1. The van der Waals surface area contributed by atoms with E-state index in [-0.39, 0.29) is 11.3 Å². The van der Waals surface area contributed by atoms with Crippen molar-refractivity contribution in [3.63, 3.8) is 0 Å². The van der Waals surface area contributed by atoms with Crippen LogP contribution >= 0.6 is 11.6 Å². The van der Waals surface area contributed by atoms with Crippen LogP contribution in [-0.4, -0.2) is 33.8 Å². The molecule has 0 fully saturated rings. The summed E-state index contributed by atoms with van der Waals surface area (Å²) in [4.78, 5) is 30.0. The summed E-state index contributed by atoms with van der Waals surface area (Å²) >= 11 is 6.22. The summed E-state index contributed by atoms with van der Waals surface area (Å²) in [5.74, 6) is -2.40. The number of pyridine rings is 2. The molecule has 4 heterocycles. The summed E-state index contributed by atoms with van der Waals surface area (Å²) in [6, 6.07) is 6.66. The van der Waals surface area contributed by atoms with Crippen molar-refractivity contribution in [2.75, 3.05) is 13.6 Å². The number of nitrogens with zero attached hydrogens (tertiary/aromatic N) is 2. The van der Waals surface area contributed by atoms with E-state index >= 15 is 0 Å². The van der Waals surface area contributed by atoms with Crippen molar-refractivity contribution in [3.05, 3.63) is 86.6 Å². The van der Waals surface area contributed by atoms with E-state index in [2.05, 4.69) is 10.3 Å². The summed E-state index contributed by atoms with van der Waals surface area (Å²) < 4.78 is 29.6.